The Labute approximate surface area is 158 Å². The summed E-state index contributed by atoms with van der Waals surface area (Å²) in [4.78, 5) is 2.12. The molecular formula is C19H17F4N5. The van der Waals surface area contributed by atoms with Crippen molar-refractivity contribution in [2.75, 3.05) is 25.0 Å². The predicted octanol–water partition coefficient (Wildman–Crippen LogP) is 4.04. The largest absolute Gasteiger partial charge is 0.419 e. The molecule has 1 fully saturated rings. The van der Waals surface area contributed by atoms with Crippen molar-refractivity contribution in [3.8, 4) is 0 Å². The van der Waals surface area contributed by atoms with Crippen LogP contribution in [0.3, 0.4) is 0 Å². The van der Waals surface area contributed by atoms with Crippen LogP contribution in [0.2, 0.25) is 0 Å². The van der Waals surface area contributed by atoms with Gasteiger partial charge in [-0.2, -0.15) is 13.2 Å². The van der Waals surface area contributed by atoms with Gasteiger partial charge in [-0.15, -0.1) is 10.2 Å². The van der Waals surface area contributed by atoms with Gasteiger partial charge in [0.25, 0.3) is 0 Å². The van der Waals surface area contributed by atoms with Crippen LogP contribution in [0.15, 0.2) is 42.5 Å². The predicted molar refractivity (Wildman–Crippen MR) is 96.2 cm³/mol. The average molecular weight is 391 g/mol. The SMILES string of the molecule is Fc1ccc([C@@H](CN2CCC2)Nc2nnnc3ccccc23)cc1C(F)(F)F. The fourth-order valence-corrected chi connectivity index (χ4v) is 3.24. The molecule has 1 aliphatic heterocycles. The Bertz CT molecular complexity index is 982. The van der Waals surface area contributed by atoms with Crippen molar-refractivity contribution in [2.45, 2.75) is 18.6 Å². The molecule has 2 heterocycles. The minimum Gasteiger partial charge on any atom is -0.360 e. The monoisotopic (exact) mass is 391 g/mol. The number of nitrogens with zero attached hydrogens (tertiary/aromatic N) is 4. The van der Waals surface area contributed by atoms with Crippen molar-refractivity contribution in [3.05, 3.63) is 59.4 Å². The molecule has 1 aromatic heterocycles. The molecule has 2 aromatic carbocycles. The third-order valence-corrected chi connectivity index (χ3v) is 4.85. The highest BCUT2D eigenvalue weighted by molar-refractivity contribution is 5.88. The molecule has 146 valence electrons. The van der Waals surface area contributed by atoms with E-state index in [1.54, 1.807) is 6.07 Å². The summed E-state index contributed by atoms with van der Waals surface area (Å²) >= 11 is 0. The number of fused-ring (bicyclic) bond motifs is 1. The van der Waals surface area contributed by atoms with Crippen molar-refractivity contribution >= 4 is 16.7 Å². The summed E-state index contributed by atoms with van der Waals surface area (Å²) in [7, 11) is 0. The molecule has 0 bridgehead atoms. The number of hydrogen-bond acceptors (Lipinski definition) is 5. The van der Waals surface area contributed by atoms with Crippen molar-refractivity contribution < 1.29 is 17.6 Å². The Morgan fingerprint density at radius 2 is 1.86 bits per heavy atom. The Morgan fingerprint density at radius 3 is 2.57 bits per heavy atom. The minimum atomic E-state index is -4.76. The summed E-state index contributed by atoms with van der Waals surface area (Å²) < 4.78 is 53.2. The first kappa shape index (κ1) is 18.5. The number of halogens is 4. The van der Waals surface area contributed by atoms with Crippen LogP contribution in [-0.4, -0.2) is 39.9 Å². The van der Waals surface area contributed by atoms with Crippen LogP contribution in [0, 0.1) is 5.82 Å². The van der Waals surface area contributed by atoms with E-state index in [1.807, 2.05) is 18.2 Å². The number of hydrogen-bond donors (Lipinski definition) is 1. The van der Waals surface area contributed by atoms with Gasteiger partial charge in [-0.05, 0) is 54.6 Å². The van der Waals surface area contributed by atoms with Crippen molar-refractivity contribution in [2.24, 2.45) is 0 Å². The maximum atomic E-state index is 13.7. The molecule has 3 aromatic rings. The lowest BCUT2D eigenvalue weighted by Crippen LogP contribution is -2.41. The van der Waals surface area contributed by atoms with Crippen LogP contribution in [0.1, 0.15) is 23.6 Å². The van der Waals surface area contributed by atoms with Crippen LogP contribution in [0.4, 0.5) is 23.4 Å². The smallest absolute Gasteiger partial charge is 0.360 e. The molecule has 0 amide bonds. The summed E-state index contributed by atoms with van der Waals surface area (Å²) in [5, 5.41) is 15.6. The molecule has 0 radical (unpaired) electrons. The van der Waals surface area contributed by atoms with E-state index >= 15 is 0 Å². The van der Waals surface area contributed by atoms with Gasteiger partial charge >= 0.3 is 6.18 Å². The molecule has 1 aliphatic rings. The first-order valence-electron chi connectivity index (χ1n) is 8.85. The fraction of sp³-hybridized carbons (Fsp3) is 0.316. The van der Waals surface area contributed by atoms with E-state index in [4.69, 9.17) is 0 Å². The average Bonchev–Trinajstić information content (AvgIpc) is 2.63. The Kier molecular flexibility index (Phi) is 4.84. The van der Waals surface area contributed by atoms with E-state index < -0.39 is 23.6 Å². The van der Waals surface area contributed by atoms with Crippen LogP contribution in [0.25, 0.3) is 10.9 Å². The quantitative estimate of drug-likeness (QED) is 0.666. The molecule has 0 aliphatic carbocycles. The molecule has 1 N–H and O–H groups in total. The molecule has 1 atom stereocenters. The summed E-state index contributed by atoms with van der Waals surface area (Å²) in [6.07, 6.45) is -3.72. The van der Waals surface area contributed by atoms with Gasteiger partial charge in [0.05, 0.1) is 17.1 Å². The first-order valence-corrected chi connectivity index (χ1v) is 8.85. The summed E-state index contributed by atoms with van der Waals surface area (Å²) in [5.74, 6) is -0.859. The number of rotatable bonds is 5. The third-order valence-electron chi connectivity index (χ3n) is 4.85. The summed E-state index contributed by atoms with van der Waals surface area (Å²) in [6, 6.07) is 9.81. The minimum absolute atomic E-state index is 0.336. The van der Waals surface area contributed by atoms with Crippen LogP contribution in [-0.2, 0) is 6.18 Å². The van der Waals surface area contributed by atoms with E-state index in [9.17, 15) is 17.6 Å². The topological polar surface area (TPSA) is 53.9 Å². The zero-order chi connectivity index (χ0) is 19.7. The fourth-order valence-electron chi connectivity index (χ4n) is 3.24. The van der Waals surface area contributed by atoms with Gasteiger partial charge in [-0.3, -0.25) is 0 Å². The number of aromatic nitrogens is 3. The molecule has 0 unspecified atom stereocenters. The summed E-state index contributed by atoms with van der Waals surface area (Å²) in [5.41, 5.74) is -0.313. The van der Waals surface area contributed by atoms with E-state index in [0.717, 1.165) is 31.6 Å². The summed E-state index contributed by atoms with van der Waals surface area (Å²) in [6.45, 7) is 2.21. The standard InChI is InChI=1S/C19H17F4N5/c20-15-7-6-12(10-14(15)19(21,22)23)17(11-28-8-3-9-28)24-18-13-4-1-2-5-16(13)25-27-26-18/h1-2,4-7,10,17H,3,8-9,11H2,(H,24,25,26)/t17-/m1/s1. The maximum Gasteiger partial charge on any atom is 0.419 e. The van der Waals surface area contributed by atoms with Gasteiger partial charge in [-0.25, -0.2) is 4.39 Å². The molecule has 28 heavy (non-hydrogen) atoms. The Hall–Kier alpha value is -2.81. The highest BCUT2D eigenvalue weighted by atomic mass is 19.4. The molecular weight excluding hydrogens is 374 g/mol. The highest BCUT2D eigenvalue weighted by Crippen LogP contribution is 2.34. The number of nitrogens with one attached hydrogen (secondary N) is 1. The molecule has 1 saturated heterocycles. The van der Waals surface area contributed by atoms with Gasteiger partial charge in [-0.1, -0.05) is 18.2 Å². The number of benzene rings is 2. The van der Waals surface area contributed by atoms with Crippen LogP contribution >= 0.6 is 0 Å². The maximum absolute atomic E-state index is 13.7. The van der Waals surface area contributed by atoms with Crippen LogP contribution < -0.4 is 5.32 Å². The van der Waals surface area contributed by atoms with Gasteiger partial charge < -0.3 is 10.2 Å². The second-order valence-corrected chi connectivity index (χ2v) is 6.74. The lowest BCUT2D eigenvalue weighted by molar-refractivity contribution is -0.140. The van der Waals surface area contributed by atoms with Gasteiger partial charge in [0.2, 0.25) is 0 Å². The van der Waals surface area contributed by atoms with Crippen molar-refractivity contribution in [1.29, 1.82) is 0 Å². The second-order valence-electron chi connectivity index (χ2n) is 6.74. The third kappa shape index (κ3) is 3.75. The molecule has 5 nitrogen and oxygen atoms in total. The van der Waals surface area contributed by atoms with Crippen molar-refractivity contribution in [1.82, 2.24) is 20.3 Å². The van der Waals surface area contributed by atoms with Crippen molar-refractivity contribution in [3.63, 3.8) is 0 Å². The lowest BCUT2D eigenvalue weighted by Gasteiger charge is -2.35. The number of anilines is 1. The van der Waals surface area contributed by atoms with Crippen LogP contribution in [0.5, 0.6) is 0 Å². The normalized spacial score (nSPS) is 16.0. The molecule has 0 saturated carbocycles. The number of likely N-dealkylation sites (tertiary alicyclic amines) is 1. The molecule has 4 rings (SSSR count). The van der Waals surface area contributed by atoms with Gasteiger partial charge in [0, 0.05) is 11.9 Å². The van der Waals surface area contributed by atoms with E-state index in [-0.39, 0.29) is 0 Å². The lowest BCUT2D eigenvalue weighted by atomic mass is 10.0. The zero-order valence-electron chi connectivity index (χ0n) is 14.7. The Balaban J connectivity index is 1.71. The Morgan fingerprint density at radius 1 is 1.07 bits per heavy atom. The van der Waals surface area contributed by atoms with Gasteiger partial charge in [0.15, 0.2) is 5.82 Å². The molecule has 0 spiro atoms. The van der Waals surface area contributed by atoms with E-state index in [1.165, 1.54) is 6.07 Å². The first-order chi connectivity index (χ1) is 13.4. The zero-order valence-corrected chi connectivity index (χ0v) is 14.7. The highest BCUT2D eigenvalue weighted by Gasteiger charge is 2.35. The number of alkyl halides is 3. The van der Waals surface area contributed by atoms with E-state index in [2.05, 4.69) is 25.6 Å². The molecule has 9 heteroatoms. The van der Waals surface area contributed by atoms with Gasteiger partial charge in [0.1, 0.15) is 5.82 Å². The van der Waals surface area contributed by atoms with E-state index in [0.29, 0.717) is 28.8 Å². The second kappa shape index (κ2) is 7.31.